The highest BCUT2D eigenvalue weighted by atomic mass is 16.4. The average Bonchev–Trinajstić information content (AvgIpc) is 2.82. The summed E-state index contributed by atoms with van der Waals surface area (Å²) in [6, 6.07) is 7.72. The van der Waals surface area contributed by atoms with E-state index >= 15 is 0 Å². The molecular formula is C17H21N3O3. The number of para-hydroxylation sites is 2. The molecule has 1 amide bonds. The van der Waals surface area contributed by atoms with Crippen LogP contribution in [0.2, 0.25) is 0 Å². The number of aliphatic carboxylic acids is 1. The fourth-order valence-corrected chi connectivity index (χ4v) is 3.36. The van der Waals surface area contributed by atoms with Crippen LogP contribution < -0.4 is 0 Å². The van der Waals surface area contributed by atoms with Gasteiger partial charge in [-0.1, -0.05) is 19.1 Å². The number of amides is 1. The maximum atomic E-state index is 12.7. The van der Waals surface area contributed by atoms with Gasteiger partial charge < -0.3 is 14.6 Å². The van der Waals surface area contributed by atoms with E-state index in [4.69, 9.17) is 0 Å². The molecule has 1 aliphatic rings. The second-order valence-electron chi connectivity index (χ2n) is 6.41. The van der Waals surface area contributed by atoms with Gasteiger partial charge in [0, 0.05) is 13.1 Å². The number of hydrogen-bond donors (Lipinski definition) is 1. The molecule has 2 heterocycles. The van der Waals surface area contributed by atoms with Crippen LogP contribution in [0.15, 0.2) is 24.3 Å². The van der Waals surface area contributed by atoms with E-state index in [9.17, 15) is 14.7 Å². The molecule has 23 heavy (non-hydrogen) atoms. The molecule has 1 aromatic heterocycles. The Morgan fingerprint density at radius 3 is 2.78 bits per heavy atom. The number of carbonyl (C=O) groups is 2. The summed E-state index contributed by atoms with van der Waals surface area (Å²) in [6.07, 6.45) is 0.631. The van der Waals surface area contributed by atoms with E-state index in [0.29, 0.717) is 19.5 Å². The summed E-state index contributed by atoms with van der Waals surface area (Å²) in [5.41, 5.74) is 1.80. The first-order valence-corrected chi connectivity index (χ1v) is 7.88. The Bertz CT molecular complexity index is 753. The van der Waals surface area contributed by atoms with Crippen LogP contribution in [0.3, 0.4) is 0 Å². The molecule has 0 spiro atoms. The lowest BCUT2D eigenvalue weighted by Gasteiger charge is -2.34. The largest absolute Gasteiger partial charge is 0.481 e. The molecule has 2 atom stereocenters. The van der Waals surface area contributed by atoms with Crippen molar-refractivity contribution in [1.29, 1.82) is 0 Å². The van der Waals surface area contributed by atoms with Crippen molar-refractivity contribution in [1.82, 2.24) is 14.5 Å². The van der Waals surface area contributed by atoms with Crippen LogP contribution >= 0.6 is 0 Å². The van der Waals surface area contributed by atoms with Crippen molar-refractivity contribution < 1.29 is 14.7 Å². The second kappa shape index (κ2) is 6.02. The Balaban J connectivity index is 1.80. The number of piperidine rings is 1. The minimum Gasteiger partial charge on any atom is -0.481 e. The first-order chi connectivity index (χ1) is 11.0. The van der Waals surface area contributed by atoms with E-state index in [1.807, 2.05) is 42.7 Å². The average molecular weight is 315 g/mol. The molecular weight excluding hydrogens is 294 g/mol. The normalized spacial score (nSPS) is 21.6. The molecule has 6 heteroatoms. The van der Waals surface area contributed by atoms with Crippen molar-refractivity contribution in [2.24, 2.45) is 11.8 Å². The van der Waals surface area contributed by atoms with Crippen molar-refractivity contribution in [3.63, 3.8) is 0 Å². The number of nitrogens with zero attached hydrogens (tertiary/aromatic N) is 3. The Morgan fingerprint density at radius 2 is 2.04 bits per heavy atom. The van der Waals surface area contributed by atoms with Gasteiger partial charge in [-0.05, 0) is 31.4 Å². The van der Waals surface area contributed by atoms with Gasteiger partial charge in [-0.25, -0.2) is 4.98 Å². The molecule has 1 aromatic carbocycles. The Kier molecular flexibility index (Phi) is 4.07. The first-order valence-electron chi connectivity index (χ1n) is 7.88. The van der Waals surface area contributed by atoms with E-state index in [0.717, 1.165) is 16.9 Å². The number of benzene rings is 1. The van der Waals surface area contributed by atoms with Gasteiger partial charge in [0.2, 0.25) is 5.91 Å². The number of carboxylic acids is 1. The van der Waals surface area contributed by atoms with E-state index in [1.54, 1.807) is 4.90 Å². The highest BCUT2D eigenvalue weighted by molar-refractivity contribution is 5.82. The molecule has 1 aliphatic heterocycles. The van der Waals surface area contributed by atoms with E-state index < -0.39 is 11.9 Å². The van der Waals surface area contributed by atoms with Crippen LogP contribution in [-0.2, 0) is 16.1 Å². The molecule has 6 nitrogen and oxygen atoms in total. The molecule has 1 N–H and O–H groups in total. The number of likely N-dealkylation sites (tertiary alicyclic amines) is 1. The minimum atomic E-state index is -0.821. The number of carboxylic acid groups (broad SMARTS) is 1. The van der Waals surface area contributed by atoms with Crippen molar-refractivity contribution in [3.8, 4) is 0 Å². The zero-order valence-corrected chi connectivity index (χ0v) is 13.4. The van der Waals surface area contributed by atoms with Crippen LogP contribution in [-0.4, -0.2) is 44.5 Å². The van der Waals surface area contributed by atoms with Crippen LogP contribution in [0.4, 0.5) is 0 Å². The molecule has 0 aliphatic carbocycles. The Labute approximate surface area is 134 Å². The fourth-order valence-electron chi connectivity index (χ4n) is 3.36. The van der Waals surface area contributed by atoms with Crippen LogP contribution in [0.25, 0.3) is 11.0 Å². The number of aryl methyl sites for hydroxylation is 1. The lowest BCUT2D eigenvalue weighted by atomic mass is 9.90. The highest BCUT2D eigenvalue weighted by Crippen LogP contribution is 2.23. The van der Waals surface area contributed by atoms with E-state index in [1.165, 1.54) is 0 Å². The lowest BCUT2D eigenvalue weighted by molar-refractivity contribution is -0.147. The predicted octanol–water partition coefficient (Wildman–Crippen LogP) is 1.91. The number of hydrogen-bond acceptors (Lipinski definition) is 3. The highest BCUT2D eigenvalue weighted by Gasteiger charge is 2.32. The third-order valence-electron chi connectivity index (χ3n) is 4.50. The Morgan fingerprint density at radius 1 is 1.30 bits per heavy atom. The zero-order valence-electron chi connectivity index (χ0n) is 13.4. The molecule has 0 saturated carbocycles. The maximum absolute atomic E-state index is 12.7. The minimum absolute atomic E-state index is 0.0472. The third-order valence-corrected chi connectivity index (χ3v) is 4.50. The second-order valence-corrected chi connectivity index (χ2v) is 6.41. The lowest BCUT2D eigenvalue weighted by Crippen LogP contribution is -2.46. The number of imidazole rings is 1. The van der Waals surface area contributed by atoms with Gasteiger partial charge in [0.1, 0.15) is 12.4 Å². The van der Waals surface area contributed by atoms with Crippen molar-refractivity contribution in [3.05, 3.63) is 30.1 Å². The molecule has 122 valence electrons. The van der Waals surface area contributed by atoms with Gasteiger partial charge in [-0.15, -0.1) is 0 Å². The van der Waals surface area contributed by atoms with Gasteiger partial charge >= 0.3 is 5.97 Å². The number of rotatable bonds is 3. The third kappa shape index (κ3) is 3.06. The quantitative estimate of drug-likeness (QED) is 0.939. The summed E-state index contributed by atoms with van der Waals surface area (Å²) in [4.78, 5) is 30.1. The van der Waals surface area contributed by atoms with E-state index in [-0.39, 0.29) is 18.4 Å². The summed E-state index contributed by atoms with van der Waals surface area (Å²) in [5.74, 6) is -0.343. The van der Waals surface area contributed by atoms with E-state index in [2.05, 4.69) is 4.98 Å². The molecule has 2 unspecified atom stereocenters. The van der Waals surface area contributed by atoms with Crippen molar-refractivity contribution in [2.45, 2.75) is 26.8 Å². The first kappa shape index (κ1) is 15.5. The molecule has 1 saturated heterocycles. The van der Waals surface area contributed by atoms with Gasteiger partial charge in [0.05, 0.1) is 17.0 Å². The van der Waals surface area contributed by atoms with Crippen LogP contribution in [0.5, 0.6) is 0 Å². The van der Waals surface area contributed by atoms with Crippen molar-refractivity contribution >= 4 is 22.9 Å². The van der Waals surface area contributed by atoms with Crippen LogP contribution in [0.1, 0.15) is 19.2 Å². The molecule has 0 radical (unpaired) electrons. The van der Waals surface area contributed by atoms with Gasteiger partial charge in [0.15, 0.2) is 0 Å². The van der Waals surface area contributed by atoms with Crippen molar-refractivity contribution in [2.75, 3.05) is 13.1 Å². The monoisotopic (exact) mass is 315 g/mol. The van der Waals surface area contributed by atoms with Gasteiger partial charge in [-0.2, -0.15) is 0 Å². The van der Waals surface area contributed by atoms with Crippen LogP contribution in [0, 0.1) is 18.8 Å². The SMILES string of the molecule is Cc1nc2ccccc2n1CC(=O)N1CC(C)CC(C(=O)O)C1. The number of carbonyl (C=O) groups excluding carboxylic acids is 1. The molecule has 1 fully saturated rings. The van der Waals surface area contributed by atoms with Gasteiger partial charge in [-0.3, -0.25) is 9.59 Å². The summed E-state index contributed by atoms with van der Waals surface area (Å²) >= 11 is 0. The molecule has 0 bridgehead atoms. The topological polar surface area (TPSA) is 75.4 Å². The number of aromatic nitrogens is 2. The summed E-state index contributed by atoms with van der Waals surface area (Å²) < 4.78 is 1.90. The van der Waals surface area contributed by atoms with Gasteiger partial charge in [0.25, 0.3) is 0 Å². The fraction of sp³-hybridized carbons (Fsp3) is 0.471. The number of fused-ring (bicyclic) bond motifs is 1. The molecule has 2 aromatic rings. The predicted molar refractivity (Wildman–Crippen MR) is 86.0 cm³/mol. The smallest absolute Gasteiger partial charge is 0.308 e. The summed E-state index contributed by atoms with van der Waals surface area (Å²) in [5, 5.41) is 9.24. The summed E-state index contributed by atoms with van der Waals surface area (Å²) in [6.45, 7) is 4.99. The zero-order chi connectivity index (χ0) is 16.6. The standard InChI is InChI=1S/C17H21N3O3/c1-11-7-13(17(22)23)9-19(8-11)16(21)10-20-12(2)18-14-5-3-4-6-15(14)20/h3-6,11,13H,7-10H2,1-2H3,(H,22,23). The summed E-state index contributed by atoms with van der Waals surface area (Å²) in [7, 11) is 0. The maximum Gasteiger partial charge on any atom is 0.308 e. The molecule has 3 rings (SSSR count). The Hall–Kier alpha value is -2.37.